The molecule has 228 valence electrons. The number of fused-ring (bicyclic) bond motifs is 9. The van der Waals surface area contributed by atoms with Gasteiger partial charge in [0.25, 0.3) is 0 Å². The molecule has 2 nitrogen and oxygen atoms in total. The van der Waals surface area contributed by atoms with E-state index in [4.69, 9.17) is 0 Å². The Hall–Kier alpha value is -6.38. The van der Waals surface area contributed by atoms with Crippen LogP contribution in [0.25, 0.3) is 88.0 Å². The first-order chi connectivity index (χ1) is 24.3. The zero-order valence-corrected chi connectivity index (χ0v) is 26.8. The minimum atomic E-state index is 1.12. The van der Waals surface area contributed by atoms with Crippen LogP contribution in [0.1, 0.15) is 11.1 Å². The van der Waals surface area contributed by atoms with Crippen LogP contribution < -0.4 is 0 Å². The zero-order valence-electron chi connectivity index (χ0n) is 26.8. The minimum absolute atomic E-state index is 1.12. The van der Waals surface area contributed by atoms with Gasteiger partial charge in [-0.3, -0.25) is 0 Å². The van der Waals surface area contributed by atoms with Gasteiger partial charge in [-0.1, -0.05) is 121 Å². The molecule has 1 aliphatic rings. The lowest BCUT2D eigenvalue weighted by Crippen LogP contribution is -1.94. The van der Waals surface area contributed by atoms with E-state index in [9.17, 15) is 0 Å². The largest absolute Gasteiger partial charge is 0.309 e. The van der Waals surface area contributed by atoms with Crippen molar-refractivity contribution in [3.8, 4) is 33.6 Å². The van der Waals surface area contributed by atoms with Crippen LogP contribution >= 0.6 is 0 Å². The normalized spacial score (nSPS) is 12.4. The minimum Gasteiger partial charge on any atom is -0.309 e. The summed E-state index contributed by atoms with van der Waals surface area (Å²) in [6.07, 6.45) is 1.12. The average Bonchev–Trinajstić information content (AvgIpc) is 3.78. The number of para-hydroxylation sites is 3. The molecular formula is C47H30N2. The third-order valence-electron chi connectivity index (χ3n) is 10.7. The Morgan fingerprint density at radius 2 is 0.755 bits per heavy atom. The summed E-state index contributed by atoms with van der Waals surface area (Å²) in [7, 11) is 0. The molecule has 1 aliphatic carbocycles. The Kier molecular flexibility index (Phi) is 5.47. The van der Waals surface area contributed by atoms with Crippen LogP contribution in [-0.4, -0.2) is 9.13 Å². The highest BCUT2D eigenvalue weighted by molar-refractivity contribution is 6.13. The predicted octanol–water partition coefficient (Wildman–Crippen LogP) is 12.3. The molecule has 8 aromatic carbocycles. The van der Waals surface area contributed by atoms with E-state index < -0.39 is 0 Å². The summed E-state index contributed by atoms with van der Waals surface area (Å²) < 4.78 is 4.81. The number of hydrogen-bond acceptors (Lipinski definition) is 0. The molecule has 0 atom stereocenters. The quantitative estimate of drug-likeness (QED) is 0.185. The van der Waals surface area contributed by atoms with Gasteiger partial charge < -0.3 is 9.13 Å². The SMILES string of the molecule is c1ccc2c(-c3ccc(-n4c5ccccc5c5c6c(ccc54)C6)cc3)ccc(-c3ccc(-n4c5ccccc5c5ccccc54)cc3)c2c1. The van der Waals surface area contributed by atoms with Crippen molar-refractivity contribution in [3.63, 3.8) is 0 Å². The van der Waals surface area contributed by atoms with Crippen LogP contribution in [0.3, 0.4) is 0 Å². The van der Waals surface area contributed by atoms with Crippen molar-refractivity contribution in [3.05, 3.63) is 181 Å². The highest BCUT2D eigenvalue weighted by atomic mass is 15.0. The molecule has 0 spiro atoms. The van der Waals surface area contributed by atoms with Gasteiger partial charge in [-0.2, -0.15) is 0 Å². The highest BCUT2D eigenvalue weighted by Gasteiger charge is 2.24. The first-order valence-electron chi connectivity index (χ1n) is 17.1. The molecule has 11 rings (SSSR count). The fourth-order valence-corrected chi connectivity index (χ4v) is 8.33. The molecule has 49 heavy (non-hydrogen) atoms. The summed E-state index contributed by atoms with van der Waals surface area (Å²) in [6, 6.07) is 62.4. The van der Waals surface area contributed by atoms with Crippen molar-refractivity contribution >= 4 is 54.4 Å². The monoisotopic (exact) mass is 622 g/mol. The molecule has 10 aromatic rings. The second-order valence-electron chi connectivity index (χ2n) is 13.3. The molecule has 0 amide bonds. The van der Waals surface area contributed by atoms with Gasteiger partial charge in [-0.25, -0.2) is 0 Å². The molecule has 0 N–H and O–H groups in total. The molecule has 0 bridgehead atoms. The molecule has 2 heteroatoms. The molecule has 0 saturated carbocycles. The number of benzene rings is 8. The van der Waals surface area contributed by atoms with E-state index in [2.05, 4.69) is 179 Å². The van der Waals surface area contributed by atoms with E-state index in [0.29, 0.717) is 0 Å². The molecule has 0 aliphatic heterocycles. The number of nitrogens with zero attached hydrogens (tertiary/aromatic N) is 2. The maximum absolute atomic E-state index is 2.43. The zero-order chi connectivity index (χ0) is 32.1. The van der Waals surface area contributed by atoms with Crippen LogP contribution in [-0.2, 0) is 6.42 Å². The molecule has 0 fully saturated rings. The summed E-state index contributed by atoms with van der Waals surface area (Å²) in [5, 5.41) is 7.85. The fourth-order valence-electron chi connectivity index (χ4n) is 8.33. The maximum atomic E-state index is 2.43. The van der Waals surface area contributed by atoms with Gasteiger partial charge in [0.2, 0.25) is 0 Å². The van der Waals surface area contributed by atoms with Crippen molar-refractivity contribution < 1.29 is 0 Å². The standard InChI is InChI=1S/C47H30N2/c1-2-10-38-36(31-19-24-34(25-20-31)49-45-16-8-5-13-41(45)47-42-29-32(42)21-28-46(47)49)27-26-35(37(38)9-1)30-17-22-33(23-18-30)48-43-14-6-3-11-39(43)40-12-4-7-15-44(40)48/h1-28H,29H2. The second-order valence-corrected chi connectivity index (χ2v) is 13.3. The van der Waals surface area contributed by atoms with Crippen molar-refractivity contribution in [2.75, 3.05) is 0 Å². The third kappa shape index (κ3) is 3.89. The lowest BCUT2D eigenvalue weighted by molar-refractivity contribution is 1.18. The van der Waals surface area contributed by atoms with E-state index in [1.54, 1.807) is 0 Å². The average molecular weight is 623 g/mol. The van der Waals surface area contributed by atoms with Gasteiger partial charge in [-0.05, 0) is 99.1 Å². The van der Waals surface area contributed by atoms with Gasteiger partial charge in [-0.15, -0.1) is 0 Å². The topological polar surface area (TPSA) is 9.86 Å². The summed E-state index contributed by atoms with van der Waals surface area (Å²) in [6.45, 7) is 0. The van der Waals surface area contributed by atoms with Crippen molar-refractivity contribution in [1.29, 1.82) is 0 Å². The van der Waals surface area contributed by atoms with Crippen LogP contribution in [0, 0.1) is 0 Å². The van der Waals surface area contributed by atoms with E-state index >= 15 is 0 Å². The fraction of sp³-hybridized carbons (Fsp3) is 0.0213. The lowest BCUT2D eigenvalue weighted by Gasteiger charge is -2.14. The Bertz CT molecular complexity index is 2880. The summed E-state index contributed by atoms with van der Waals surface area (Å²) in [4.78, 5) is 0. The second kappa shape index (κ2) is 10.1. The van der Waals surface area contributed by atoms with Crippen LogP contribution in [0.2, 0.25) is 0 Å². The van der Waals surface area contributed by atoms with Gasteiger partial charge in [0, 0.05) is 32.9 Å². The smallest absolute Gasteiger partial charge is 0.0544 e. The maximum Gasteiger partial charge on any atom is 0.0544 e. The Morgan fingerprint density at radius 3 is 1.29 bits per heavy atom. The van der Waals surface area contributed by atoms with Crippen molar-refractivity contribution in [2.45, 2.75) is 6.42 Å². The number of aromatic nitrogens is 2. The number of rotatable bonds is 4. The summed E-state index contributed by atoms with van der Waals surface area (Å²) in [5.74, 6) is 0. The molecule has 0 radical (unpaired) electrons. The van der Waals surface area contributed by atoms with Crippen LogP contribution in [0.5, 0.6) is 0 Å². The van der Waals surface area contributed by atoms with Gasteiger partial charge in [0.1, 0.15) is 0 Å². The van der Waals surface area contributed by atoms with Crippen molar-refractivity contribution in [1.82, 2.24) is 9.13 Å². The third-order valence-corrected chi connectivity index (χ3v) is 10.7. The Balaban J connectivity index is 0.990. The van der Waals surface area contributed by atoms with E-state index in [0.717, 1.165) is 6.42 Å². The first kappa shape index (κ1) is 26.7. The first-order valence-corrected chi connectivity index (χ1v) is 17.1. The Morgan fingerprint density at radius 1 is 0.327 bits per heavy atom. The van der Waals surface area contributed by atoms with E-state index in [1.165, 1.54) is 99.1 Å². The van der Waals surface area contributed by atoms with Gasteiger partial charge in [0.05, 0.1) is 22.1 Å². The summed E-state index contributed by atoms with van der Waals surface area (Å²) in [5.41, 5.74) is 15.3. The molecule has 0 unspecified atom stereocenters. The molecule has 0 saturated heterocycles. The Labute approximate surface area is 283 Å². The molecule has 2 heterocycles. The van der Waals surface area contributed by atoms with Crippen molar-refractivity contribution in [2.24, 2.45) is 0 Å². The molecule has 2 aromatic heterocycles. The van der Waals surface area contributed by atoms with Crippen LogP contribution in [0.4, 0.5) is 0 Å². The highest BCUT2D eigenvalue weighted by Crippen LogP contribution is 2.43. The predicted molar refractivity (Wildman–Crippen MR) is 206 cm³/mol. The van der Waals surface area contributed by atoms with Crippen LogP contribution in [0.15, 0.2) is 170 Å². The lowest BCUT2D eigenvalue weighted by atomic mass is 9.92. The van der Waals surface area contributed by atoms with Gasteiger partial charge >= 0.3 is 0 Å². The summed E-state index contributed by atoms with van der Waals surface area (Å²) >= 11 is 0. The van der Waals surface area contributed by atoms with E-state index in [-0.39, 0.29) is 0 Å². The number of hydrogen-bond donors (Lipinski definition) is 0. The van der Waals surface area contributed by atoms with E-state index in [1.807, 2.05) is 0 Å². The van der Waals surface area contributed by atoms with Gasteiger partial charge in [0.15, 0.2) is 0 Å². The molecular weight excluding hydrogens is 593 g/mol.